The predicted molar refractivity (Wildman–Crippen MR) is 66.9 cm³/mol. The molecule has 0 saturated carbocycles. The van der Waals surface area contributed by atoms with Crippen molar-refractivity contribution >= 4 is 11.6 Å². The molecule has 1 aromatic heterocycles. The van der Waals surface area contributed by atoms with Crippen molar-refractivity contribution < 1.29 is 17.6 Å². The fourth-order valence-corrected chi connectivity index (χ4v) is 1.73. The van der Waals surface area contributed by atoms with Crippen LogP contribution in [0.2, 0.25) is 0 Å². The SMILES string of the molecule is Cc1nc(-c2ccccc2)cc(C(F)(F)C(F)(F)Cl)n1. The molecule has 20 heavy (non-hydrogen) atoms. The molecule has 1 heterocycles. The van der Waals surface area contributed by atoms with Crippen molar-refractivity contribution in [2.24, 2.45) is 0 Å². The first-order valence-electron chi connectivity index (χ1n) is 5.58. The number of aromatic nitrogens is 2. The second-order valence-electron chi connectivity index (χ2n) is 4.12. The predicted octanol–water partition coefficient (Wildman–Crippen LogP) is 4.38. The van der Waals surface area contributed by atoms with Crippen LogP contribution in [0.25, 0.3) is 11.3 Å². The first kappa shape index (κ1) is 14.7. The molecular weight excluding hydrogens is 296 g/mol. The van der Waals surface area contributed by atoms with Crippen molar-refractivity contribution in [1.29, 1.82) is 0 Å². The maximum atomic E-state index is 13.6. The van der Waals surface area contributed by atoms with E-state index in [1.807, 2.05) is 0 Å². The zero-order valence-corrected chi connectivity index (χ0v) is 11.0. The molecule has 1 aromatic carbocycles. The molecule has 0 aliphatic heterocycles. The van der Waals surface area contributed by atoms with Gasteiger partial charge < -0.3 is 0 Å². The van der Waals surface area contributed by atoms with E-state index in [9.17, 15) is 17.6 Å². The highest BCUT2D eigenvalue weighted by Gasteiger charge is 2.57. The summed E-state index contributed by atoms with van der Waals surface area (Å²) in [6.07, 6.45) is 0. The van der Waals surface area contributed by atoms with Crippen molar-refractivity contribution in [3.63, 3.8) is 0 Å². The Morgan fingerprint density at radius 1 is 1.00 bits per heavy atom. The Bertz CT molecular complexity index is 612. The van der Waals surface area contributed by atoms with Crippen molar-refractivity contribution in [1.82, 2.24) is 9.97 Å². The minimum absolute atomic E-state index is 0.0399. The van der Waals surface area contributed by atoms with Crippen molar-refractivity contribution in [3.05, 3.63) is 47.9 Å². The molecule has 0 radical (unpaired) electrons. The van der Waals surface area contributed by atoms with Crippen LogP contribution < -0.4 is 0 Å². The Kier molecular flexibility index (Phi) is 3.69. The van der Waals surface area contributed by atoms with Crippen LogP contribution in [0, 0.1) is 6.92 Å². The van der Waals surface area contributed by atoms with E-state index in [4.69, 9.17) is 0 Å². The normalized spacial score (nSPS) is 12.5. The molecule has 0 aliphatic rings. The minimum atomic E-state index is -4.72. The lowest BCUT2D eigenvalue weighted by molar-refractivity contribution is -0.166. The first-order chi connectivity index (χ1) is 9.22. The van der Waals surface area contributed by atoms with E-state index in [0.717, 1.165) is 6.07 Å². The van der Waals surface area contributed by atoms with E-state index < -0.39 is 17.0 Å². The summed E-state index contributed by atoms with van der Waals surface area (Å²) >= 11 is 4.47. The molecule has 0 unspecified atom stereocenters. The van der Waals surface area contributed by atoms with Crippen LogP contribution in [0.4, 0.5) is 17.6 Å². The van der Waals surface area contributed by atoms with Crippen molar-refractivity contribution in [2.45, 2.75) is 18.2 Å². The summed E-state index contributed by atoms with van der Waals surface area (Å²) in [7, 11) is 0. The van der Waals surface area contributed by atoms with Crippen LogP contribution in [0.15, 0.2) is 36.4 Å². The highest BCUT2D eigenvalue weighted by atomic mass is 35.5. The number of halogens is 5. The van der Waals surface area contributed by atoms with Gasteiger partial charge in [-0.3, -0.25) is 0 Å². The average Bonchev–Trinajstić information content (AvgIpc) is 2.37. The second kappa shape index (κ2) is 5.01. The van der Waals surface area contributed by atoms with Gasteiger partial charge in [0.25, 0.3) is 0 Å². The van der Waals surface area contributed by atoms with Crippen LogP contribution in [0.5, 0.6) is 0 Å². The Morgan fingerprint density at radius 2 is 1.60 bits per heavy atom. The third-order valence-corrected chi connectivity index (χ3v) is 2.82. The molecule has 0 amide bonds. The molecule has 2 rings (SSSR count). The Balaban J connectivity index is 2.56. The van der Waals surface area contributed by atoms with E-state index in [1.54, 1.807) is 30.3 Å². The van der Waals surface area contributed by atoms with E-state index in [2.05, 4.69) is 21.6 Å². The molecule has 0 atom stereocenters. The highest BCUT2D eigenvalue weighted by molar-refractivity contribution is 6.22. The lowest BCUT2D eigenvalue weighted by Crippen LogP contribution is -2.34. The lowest BCUT2D eigenvalue weighted by atomic mass is 10.1. The standard InChI is InChI=1S/C13H9ClF4N2/c1-8-19-10(9-5-3-2-4-6-9)7-11(20-8)12(15,16)13(14,17)18/h2-7H,1H3. The topological polar surface area (TPSA) is 25.8 Å². The van der Waals surface area contributed by atoms with Gasteiger partial charge in [-0.2, -0.15) is 17.6 Å². The maximum absolute atomic E-state index is 13.6. The van der Waals surface area contributed by atoms with Gasteiger partial charge >= 0.3 is 11.3 Å². The molecule has 0 N–H and O–H groups in total. The Morgan fingerprint density at radius 3 is 2.15 bits per heavy atom. The van der Waals surface area contributed by atoms with E-state index >= 15 is 0 Å². The van der Waals surface area contributed by atoms with Crippen LogP contribution >= 0.6 is 11.6 Å². The van der Waals surface area contributed by atoms with Crippen molar-refractivity contribution in [3.8, 4) is 11.3 Å². The molecule has 0 bridgehead atoms. The number of benzene rings is 1. The number of aryl methyl sites for hydroxylation is 1. The molecule has 0 saturated heterocycles. The maximum Gasteiger partial charge on any atom is 0.390 e. The van der Waals surface area contributed by atoms with E-state index in [1.165, 1.54) is 6.92 Å². The molecule has 2 aromatic rings. The largest absolute Gasteiger partial charge is 0.390 e. The van der Waals surface area contributed by atoms with Gasteiger partial charge in [0.15, 0.2) is 0 Å². The molecule has 0 spiro atoms. The second-order valence-corrected chi connectivity index (χ2v) is 4.60. The summed E-state index contributed by atoms with van der Waals surface area (Å²) in [5.74, 6) is -4.62. The quantitative estimate of drug-likeness (QED) is 0.621. The van der Waals surface area contributed by atoms with Gasteiger partial charge in [0, 0.05) is 5.56 Å². The van der Waals surface area contributed by atoms with Crippen molar-refractivity contribution in [2.75, 3.05) is 0 Å². The summed E-state index contributed by atoms with van der Waals surface area (Å²) in [6.45, 7) is 1.35. The van der Waals surface area contributed by atoms with Gasteiger partial charge in [0.1, 0.15) is 11.5 Å². The Hall–Kier alpha value is -1.69. The van der Waals surface area contributed by atoms with Gasteiger partial charge in [0.05, 0.1) is 5.69 Å². The first-order valence-corrected chi connectivity index (χ1v) is 5.96. The summed E-state index contributed by atoms with van der Waals surface area (Å²) in [4.78, 5) is 7.34. The van der Waals surface area contributed by atoms with Gasteiger partial charge in [-0.05, 0) is 24.6 Å². The summed E-state index contributed by atoms with van der Waals surface area (Å²) < 4.78 is 52.7. The number of hydrogen-bond acceptors (Lipinski definition) is 2. The minimum Gasteiger partial charge on any atom is -0.233 e. The summed E-state index contributed by atoms with van der Waals surface area (Å²) in [5.41, 5.74) is -0.453. The van der Waals surface area contributed by atoms with E-state index in [0.29, 0.717) is 5.56 Å². The molecule has 0 aliphatic carbocycles. The summed E-state index contributed by atoms with van der Waals surface area (Å²) in [5, 5.41) is -4.72. The van der Waals surface area contributed by atoms with Gasteiger partial charge in [-0.1, -0.05) is 30.3 Å². The zero-order valence-electron chi connectivity index (χ0n) is 10.2. The van der Waals surface area contributed by atoms with Crippen LogP contribution in [0.1, 0.15) is 11.5 Å². The Labute approximate surface area is 117 Å². The number of alkyl halides is 5. The van der Waals surface area contributed by atoms with Gasteiger partial charge in [-0.25, -0.2) is 9.97 Å². The fourth-order valence-electron chi connectivity index (χ4n) is 1.63. The monoisotopic (exact) mass is 304 g/mol. The van der Waals surface area contributed by atoms with Crippen LogP contribution in [-0.4, -0.2) is 15.3 Å². The molecule has 0 fully saturated rings. The van der Waals surface area contributed by atoms with E-state index in [-0.39, 0.29) is 11.5 Å². The smallest absolute Gasteiger partial charge is 0.233 e. The zero-order chi connectivity index (χ0) is 15.0. The number of nitrogens with zero attached hydrogens (tertiary/aromatic N) is 2. The fraction of sp³-hybridized carbons (Fsp3) is 0.231. The third kappa shape index (κ3) is 2.75. The highest BCUT2D eigenvalue weighted by Crippen LogP contribution is 2.45. The number of hydrogen-bond donors (Lipinski definition) is 0. The molecular formula is C13H9ClF4N2. The number of rotatable bonds is 3. The lowest BCUT2D eigenvalue weighted by Gasteiger charge is -2.21. The molecule has 7 heteroatoms. The summed E-state index contributed by atoms with van der Waals surface area (Å²) in [6, 6.07) is 9.17. The van der Waals surface area contributed by atoms with Gasteiger partial charge in [0.2, 0.25) is 0 Å². The third-order valence-electron chi connectivity index (χ3n) is 2.59. The molecule has 2 nitrogen and oxygen atoms in total. The van der Waals surface area contributed by atoms with Gasteiger partial charge in [-0.15, -0.1) is 0 Å². The van der Waals surface area contributed by atoms with Crippen LogP contribution in [-0.2, 0) is 5.92 Å². The molecule has 106 valence electrons. The average molecular weight is 305 g/mol. The van der Waals surface area contributed by atoms with Crippen LogP contribution in [0.3, 0.4) is 0 Å².